The highest BCUT2D eigenvalue weighted by atomic mass is 32.1. The summed E-state index contributed by atoms with van der Waals surface area (Å²) in [6.45, 7) is 0. The smallest absolute Gasteiger partial charge is 0.160 e. The first-order valence-corrected chi connectivity index (χ1v) is 45.0. The van der Waals surface area contributed by atoms with E-state index < -0.39 is 0 Å². The van der Waals surface area contributed by atoms with Crippen molar-refractivity contribution in [2.24, 2.45) is 0 Å². The lowest BCUT2D eigenvalue weighted by atomic mass is 10.0. The van der Waals surface area contributed by atoms with Gasteiger partial charge in [0.25, 0.3) is 0 Å². The van der Waals surface area contributed by atoms with E-state index in [-0.39, 0.29) is 0 Å². The van der Waals surface area contributed by atoms with Gasteiger partial charge in [-0.25, -0.2) is 19.9 Å². The van der Waals surface area contributed by atoms with Crippen molar-refractivity contribution in [2.45, 2.75) is 0 Å². The van der Waals surface area contributed by atoms with Crippen LogP contribution in [0.1, 0.15) is 0 Å². The Hall–Kier alpha value is -17.7. The van der Waals surface area contributed by atoms with Gasteiger partial charge in [-0.15, -0.1) is 11.3 Å². The number of thiophene rings is 1. The molecule has 27 rings (SSSR count). The van der Waals surface area contributed by atoms with E-state index in [1.807, 2.05) is 79.4 Å². The second-order valence-corrected chi connectivity index (χ2v) is 34.5. The summed E-state index contributed by atoms with van der Waals surface area (Å²) in [5.41, 5.74) is 32.6. The maximum Gasteiger partial charge on any atom is 0.160 e. The summed E-state index contributed by atoms with van der Waals surface area (Å²) in [6, 6.07) is 145. The molecule has 0 N–H and O–H groups in total. The molecule has 0 unspecified atom stereocenters. The standard InChI is InChI=1S/C61H38N8.C57H35N5S/c1-2-15-44(16-3-1)67-57-28-25-46(35-51(57)60-58(67)22-11-31-64-60)68-55-21-7-5-19-48(55)50-33-39(24-27-56(50)68)40-23-26-49-47-18-4-6-20-54(47)69(59(49)34-40)45-17-8-12-41(32-45)61-65-52(42-13-9-29-62-37-42)36-53(66-61)43-14-10-30-63-38-43;1-3-13-36(14-4-1)48-35-49(37-15-5-2-6-16-37)60-57(59-48)40-17-11-18-41(31-40)62-50-21-9-7-19-43(50)45-27-24-39(33-53(45)62)38-25-28-52-46(32-38)44-20-8-10-22-51(44)61(52)42-26-29-54-47(34-42)56-55(63-54)23-12-30-58-56/h1-38H;1-35H. The Labute approximate surface area is 760 Å². The summed E-state index contributed by atoms with van der Waals surface area (Å²) in [6.07, 6.45) is 11.0. The van der Waals surface area contributed by atoms with Crippen LogP contribution in [0.4, 0.5) is 0 Å². The van der Waals surface area contributed by atoms with E-state index >= 15 is 0 Å². The van der Waals surface area contributed by atoms with Gasteiger partial charge in [0.05, 0.1) is 93.7 Å². The summed E-state index contributed by atoms with van der Waals surface area (Å²) >= 11 is 1.80. The molecule has 132 heavy (non-hydrogen) atoms. The number of benzene rings is 15. The zero-order valence-corrected chi connectivity index (χ0v) is 71.7. The van der Waals surface area contributed by atoms with Gasteiger partial charge < -0.3 is 22.8 Å². The van der Waals surface area contributed by atoms with Crippen molar-refractivity contribution in [2.75, 3.05) is 0 Å². The van der Waals surface area contributed by atoms with E-state index in [1.165, 1.54) is 74.5 Å². The molecule has 27 aromatic rings. The minimum atomic E-state index is 0.626. The Morgan fingerprint density at radius 1 is 0.174 bits per heavy atom. The van der Waals surface area contributed by atoms with Crippen LogP contribution in [0.5, 0.6) is 0 Å². The largest absolute Gasteiger partial charge is 0.309 e. The lowest BCUT2D eigenvalue weighted by molar-refractivity contribution is 1.15. The molecule has 12 aromatic heterocycles. The molecule has 0 aliphatic heterocycles. The SMILES string of the molecule is c1ccc(-c2cc(-c3ccccc3)nc(-c3cccc(-n4c5ccccc5c5ccc(-c6ccc7c(c6)c6ccccc6n7-c6ccc7sc8cccnc8c7c6)cc54)c3)n2)cc1.c1ccc(-n2c3ccc(-n4c5ccccc5c5cc(-c6ccc7c8ccccc8n(-c8cccc(-c9nc(-c%10cccnc%10)cc(-c%10cccnc%10)n9)c8)c7c6)ccc54)cc3c3ncccc32)cc1. The van der Waals surface area contributed by atoms with E-state index in [0.717, 1.165) is 162 Å². The first-order valence-electron chi connectivity index (χ1n) is 44.2. The highest BCUT2D eigenvalue weighted by molar-refractivity contribution is 7.25. The fourth-order valence-corrected chi connectivity index (χ4v) is 20.9. The van der Waals surface area contributed by atoms with Crippen molar-refractivity contribution in [1.29, 1.82) is 0 Å². The predicted molar refractivity (Wildman–Crippen MR) is 543 cm³/mol. The molecule has 0 aliphatic carbocycles. The van der Waals surface area contributed by atoms with Crippen molar-refractivity contribution in [1.82, 2.24) is 62.7 Å². The van der Waals surface area contributed by atoms with Gasteiger partial charge in [-0.3, -0.25) is 19.9 Å². The third-order valence-electron chi connectivity index (χ3n) is 25.8. The van der Waals surface area contributed by atoms with Crippen molar-refractivity contribution < 1.29 is 0 Å². The number of aromatic nitrogens is 13. The number of hydrogen-bond donors (Lipinski definition) is 0. The van der Waals surface area contributed by atoms with Gasteiger partial charge in [0.1, 0.15) is 0 Å². The van der Waals surface area contributed by atoms with Crippen molar-refractivity contribution in [3.05, 3.63) is 444 Å². The van der Waals surface area contributed by atoms with Gasteiger partial charge in [0, 0.05) is 158 Å². The predicted octanol–water partition coefficient (Wildman–Crippen LogP) is 29.7. The molecule has 14 heteroatoms. The minimum absolute atomic E-state index is 0.626. The van der Waals surface area contributed by atoms with E-state index in [1.54, 1.807) is 23.7 Å². The Morgan fingerprint density at radius 2 is 0.523 bits per heavy atom. The maximum atomic E-state index is 5.17. The highest BCUT2D eigenvalue weighted by Crippen LogP contribution is 2.45. The number of para-hydroxylation sites is 5. The van der Waals surface area contributed by atoms with Crippen LogP contribution in [0.15, 0.2) is 444 Å². The zero-order chi connectivity index (χ0) is 86.9. The van der Waals surface area contributed by atoms with Crippen LogP contribution in [0, 0.1) is 0 Å². The Kier molecular flexibility index (Phi) is 17.8. The molecule has 12 heterocycles. The molecule has 616 valence electrons. The fraction of sp³-hybridized carbons (Fsp3) is 0. The quantitative estimate of drug-likeness (QED) is 0.112. The molecule has 0 saturated heterocycles. The van der Waals surface area contributed by atoms with E-state index in [9.17, 15) is 0 Å². The van der Waals surface area contributed by atoms with Gasteiger partial charge in [0.2, 0.25) is 0 Å². The molecule has 0 saturated carbocycles. The molecule has 13 nitrogen and oxygen atoms in total. The minimum Gasteiger partial charge on any atom is -0.309 e. The van der Waals surface area contributed by atoms with Crippen LogP contribution in [-0.2, 0) is 0 Å². The monoisotopic (exact) mass is 1700 g/mol. The second kappa shape index (κ2) is 31.1. The van der Waals surface area contributed by atoms with Crippen LogP contribution < -0.4 is 0 Å². The van der Waals surface area contributed by atoms with Crippen LogP contribution in [0.2, 0.25) is 0 Å². The molecular formula is C118H73N13S. The molecule has 0 aliphatic rings. The van der Waals surface area contributed by atoms with Gasteiger partial charge in [-0.05, 0) is 216 Å². The third kappa shape index (κ3) is 12.7. The summed E-state index contributed by atoms with van der Waals surface area (Å²) in [7, 11) is 0. The topological polar surface area (TPSA) is 128 Å². The van der Waals surface area contributed by atoms with Gasteiger partial charge in [0.15, 0.2) is 11.6 Å². The van der Waals surface area contributed by atoms with Crippen molar-refractivity contribution in [3.8, 4) is 118 Å². The first kappa shape index (κ1) is 75.6. The Balaban J connectivity index is 0.000000139. The summed E-state index contributed by atoms with van der Waals surface area (Å²) in [4.78, 5) is 39.0. The maximum absolute atomic E-state index is 5.17. The number of pyridine rings is 4. The molecular weight excluding hydrogens is 1630 g/mol. The average molecular weight is 1710 g/mol. The number of nitrogens with zero attached hydrogens (tertiary/aromatic N) is 13. The Bertz CT molecular complexity index is 9180. The van der Waals surface area contributed by atoms with E-state index in [2.05, 4.69) is 385 Å². The zero-order valence-electron chi connectivity index (χ0n) is 70.9. The Morgan fingerprint density at radius 3 is 1.03 bits per heavy atom. The summed E-state index contributed by atoms with van der Waals surface area (Å²) < 4.78 is 14.3. The second-order valence-electron chi connectivity index (χ2n) is 33.5. The lowest BCUT2D eigenvalue weighted by Crippen LogP contribution is -1.98. The van der Waals surface area contributed by atoms with Gasteiger partial charge >= 0.3 is 0 Å². The normalized spacial score (nSPS) is 11.8. The number of rotatable bonds is 13. The molecule has 15 aromatic carbocycles. The molecule has 0 bridgehead atoms. The van der Waals surface area contributed by atoms with Gasteiger partial charge in [-0.2, -0.15) is 0 Å². The van der Waals surface area contributed by atoms with Crippen LogP contribution in [0.3, 0.4) is 0 Å². The van der Waals surface area contributed by atoms with Crippen LogP contribution in [0.25, 0.3) is 248 Å². The molecule has 0 radical (unpaired) electrons. The molecule has 0 fully saturated rings. The number of fused-ring (bicyclic) bond motifs is 18. The molecule has 0 atom stereocenters. The fourth-order valence-electron chi connectivity index (χ4n) is 19.8. The average Bonchev–Trinajstić information content (AvgIpc) is 1.61. The number of hydrogen-bond acceptors (Lipinski definition) is 9. The van der Waals surface area contributed by atoms with Gasteiger partial charge in [-0.1, -0.05) is 212 Å². The highest BCUT2D eigenvalue weighted by Gasteiger charge is 2.24. The van der Waals surface area contributed by atoms with Crippen LogP contribution >= 0.6 is 11.3 Å². The lowest BCUT2D eigenvalue weighted by Gasteiger charge is -2.12. The van der Waals surface area contributed by atoms with Crippen LogP contribution in [-0.4, -0.2) is 62.7 Å². The summed E-state index contributed by atoms with van der Waals surface area (Å²) in [5.74, 6) is 1.31. The molecule has 0 spiro atoms. The van der Waals surface area contributed by atoms with E-state index in [4.69, 9.17) is 29.9 Å². The van der Waals surface area contributed by atoms with Crippen molar-refractivity contribution in [3.63, 3.8) is 0 Å². The third-order valence-corrected chi connectivity index (χ3v) is 27.0. The van der Waals surface area contributed by atoms with E-state index in [0.29, 0.717) is 11.6 Å². The first-order chi connectivity index (χ1) is 65.4. The molecule has 0 amide bonds. The summed E-state index contributed by atoms with van der Waals surface area (Å²) in [5, 5.41) is 11.9. The van der Waals surface area contributed by atoms with Crippen molar-refractivity contribution >= 4 is 141 Å².